The first kappa shape index (κ1) is 15.4. The van der Waals surface area contributed by atoms with Crippen LogP contribution in [0.3, 0.4) is 0 Å². The van der Waals surface area contributed by atoms with E-state index in [1.54, 1.807) is 25.1 Å². The van der Waals surface area contributed by atoms with E-state index in [1.807, 2.05) is 13.8 Å². The molecule has 1 atom stereocenters. The van der Waals surface area contributed by atoms with Crippen LogP contribution in [0.4, 0.5) is 0 Å². The lowest BCUT2D eigenvalue weighted by Crippen LogP contribution is -2.50. The molecule has 0 spiro atoms. The van der Waals surface area contributed by atoms with Gasteiger partial charge in [0.25, 0.3) is 0 Å². The lowest BCUT2D eigenvalue weighted by atomic mass is 10.0. The van der Waals surface area contributed by atoms with Gasteiger partial charge < -0.3 is 10.4 Å². The third kappa shape index (κ3) is 3.95. The SMILES string of the molecule is CC(NC(C)(C)CO)C(=O)c1ccc(Cl)cc1Cl. The molecule has 0 saturated carbocycles. The van der Waals surface area contributed by atoms with Crippen LogP contribution in [0.15, 0.2) is 18.2 Å². The molecule has 0 bridgehead atoms. The van der Waals surface area contributed by atoms with E-state index in [2.05, 4.69) is 5.32 Å². The Morgan fingerprint density at radius 3 is 2.56 bits per heavy atom. The molecule has 1 aromatic rings. The highest BCUT2D eigenvalue weighted by Gasteiger charge is 2.24. The number of nitrogens with one attached hydrogen (secondary N) is 1. The number of ketones is 1. The summed E-state index contributed by atoms with van der Waals surface area (Å²) in [5, 5.41) is 13.1. The van der Waals surface area contributed by atoms with Gasteiger partial charge in [-0.15, -0.1) is 0 Å². The summed E-state index contributed by atoms with van der Waals surface area (Å²) in [6.45, 7) is 5.32. The van der Waals surface area contributed by atoms with Crippen LogP contribution in [-0.2, 0) is 0 Å². The predicted molar refractivity (Wildman–Crippen MR) is 74.6 cm³/mol. The van der Waals surface area contributed by atoms with Gasteiger partial charge in [0.15, 0.2) is 5.78 Å². The van der Waals surface area contributed by atoms with E-state index in [0.717, 1.165) is 0 Å². The highest BCUT2D eigenvalue weighted by atomic mass is 35.5. The second kappa shape index (κ2) is 6.02. The minimum atomic E-state index is -0.520. The molecule has 0 fully saturated rings. The topological polar surface area (TPSA) is 49.3 Å². The molecule has 0 saturated heterocycles. The van der Waals surface area contributed by atoms with E-state index < -0.39 is 11.6 Å². The van der Waals surface area contributed by atoms with Gasteiger partial charge in [0.1, 0.15) is 0 Å². The van der Waals surface area contributed by atoms with Gasteiger partial charge in [0.05, 0.1) is 17.7 Å². The molecular formula is C13H17Cl2NO2. The summed E-state index contributed by atoms with van der Waals surface area (Å²) in [7, 11) is 0. The first-order valence-corrected chi connectivity index (χ1v) is 6.40. The molecule has 0 aromatic heterocycles. The van der Waals surface area contributed by atoms with Crippen LogP contribution in [0.1, 0.15) is 31.1 Å². The first-order valence-electron chi connectivity index (χ1n) is 5.64. The number of carbonyl (C=O) groups excluding carboxylic acids is 1. The fourth-order valence-corrected chi connectivity index (χ4v) is 2.12. The second-order valence-electron chi connectivity index (χ2n) is 4.90. The molecule has 0 aliphatic heterocycles. The summed E-state index contributed by atoms with van der Waals surface area (Å²) in [6, 6.07) is 4.34. The van der Waals surface area contributed by atoms with Crippen molar-refractivity contribution in [2.45, 2.75) is 32.4 Å². The van der Waals surface area contributed by atoms with Crippen LogP contribution in [0.5, 0.6) is 0 Å². The Bertz CT molecular complexity index is 447. The Morgan fingerprint density at radius 1 is 1.44 bits per heavy atom. The van der Waals surface area contributed by atoms with Crippen molar-refractivity contribution in [3.8, 4) is 0 Å². The number of hydrogen-bond acceptors (Lipinski definition) is 3. The van der Waals surface area contributed by atoms with Gasteiger partial charge in [-0.05, 0) is 39.0 Å². The van der Waals surface area contributed by atoms with E-state index in [-0.39, 0.29) is 12.4 Å². The van der Waals surface area contributed by atoms with E-state index >= 15 is 0 Å². The third-order valence-electron chi connectivity index (χ3n) is 2.59. The summed E-state index contributed by atoms with van der Waals surface area (Å²) in [5.74, 6) is -0.127. The minimum Gasteiger partial charge on any atom is -0.394 e. The summed E-state index contributed by atoms with van der Waals surface area (Å²) in [4.78, 5) is 12.2. The molecule has 2 N–H and O–H groups in total. The lowest BCUT2D eigenvalue weighted by molar-refractivity contribution is 0.0912. The normalized spacial score (nSPS) is 13.4. The molecule has 100 valence electrons. The molecule has 0 aliphatic rings. The van der Waals surface area contributed by atoms with Gasteiger partial charge in [0, 0.05) is 16.1 Å². The number of benzene rings is 1. The van der Waals surface area contributed by atoms with Gasteiger partial charge in [-0.25, -0.2) is 0 Å². The maximum atomic E-state index is 12.2. The van der Waals surface area contributed by atoms with Crippen molar-refractivity contribution >= 4 is 29.0 Å². The first-order chi connectivity index (χ1) is 8.26. The average Bonchev–Trinajstić information content (AvgIpc) is 2.27. The van der Waals surface area contributed by atoms with Crippen LogP contribution in [0, 0.1) is 0 Å². The van der Waals surface area contributed by atoms with Gasteiger partial charge >= 0.3 is 0 Å². The van der Waals surface area contributed by atoms with E-state index in [0.29, 0.717) is 15.6 Å². The van der Waals surface area contributed by atoms with Gasteiger partial charge in [-0.2, -0.15) is 0 Å². The lowest BCUT2D eigenvalue weighted by Gasteiger charge is -2.27. The van der Waals surface area contributed by atoms with Crippen molar-refractivity contribution in [2.24, 2.45) is 0 Å². The summed E-state index contributed by atoms with van der Waals surface area (Å²) in [5.41, 5.74) is -0.0941. The van der Waals surface area contributed by atoms with Crippen LogP contribution in [0.2, 0.25) is 10.0 Å². The number of Topliss-reactive ketones (excluding diaryl/α,β-unsaturated/α-hetero) is 1. The zero-order valence-corrected chi connectivity index (χ0v) is 12.1. The van der Waals surface area contributed by atoms with Crippen LogP contribution < -0.4 is 5.32 Å². The monoisotopic (exact) mass is 289 g/mol. The molecule has 18 heavy (non-hydrogen) atoms. The molecule has 1 aromatic carbocycles. The van der Waals surface area contributed by atoms with Crippen molar-refractivity contribution in [1.29, 1.82) is 0 Å². The maximum absolute atomic E-state index is 12.2. The summed E-state index contributed by atoms with van der Waals surface area (Å²) < 4.78 is 0. The highest BCUT2D eigenvalue weighted by molar-refractivity contribution is 6.37. The van der Waals surface area contributed by atoms with Crippen molar-refractivity contribution in [1.82, 2.24) is 5.32 Å². The smallest absolute Gasteiger partial charge is 0.180 e. The second-order valence-corrected chi connectivity index (χ2v) is 5.74. The molecule has 1 rings (SSSR count). The zero-order valence-electron chi connectivity index (χ0n) is 10.6. The average molecular weight is 290 g/mol. The summed E-state index contributed by atoms with van der Waals surface area (Å²) in [6.07, 6.45) is 0. The van der Waals surface area contributed by atoms with Crippen molar-refractivity contribution < 1.29 is 9.90 Å². The fourth-order valence-electron chi connectivity index (χ4n) is 1.62. The zero-order chi connectivity index (χ0) is 13.9. The third-order valence-corrected chi connectivity index (χ3v) is 3.14. The van der Waals surface area contributed by atoms with Crippen molar-refractivity contribution in [3.05, 3.63) is 33.8 Å². The number of halogens is 2. The van der Waals surface area contributed by atoms with Gasteiger partial charge in [-0.3, -0.25) is 4.79 Å². The number of aliphatic hydroxyl groups is 1. The summed E-state index contributed by atoms with van der Waals surface area (Å²) >= 11 is 11.8. The fraction of sp³-hybridized carbons (Fsp3) is 0.462. The van der Waals surface area contributed by atoms with Crippen molar-refractivity contribution in [2.75, 3.05) is 6.61 Å². The predicted octanol–water partition coefficient (Wildman–Crippen LogP) is 2.93. The molecule has 0 radical (unpaired) electrons. The number of aliphatic hydroxyl groups excluding tert-OH is 1. The Balaban J connectivity index is 2.87. The largest absolute Gasteiger partial charge is 0.394 e. The molecule has 0 amide bonds. The van der Waals surface area contributed by atoms with Crippen LogP contribution >= 0.6 is 23.2 Å². The maximum Gasteiger partial charge on any atom is 0.180 e. The van der Waals surface area contributed by atoms with Gasteiger partial charge in [-0.1, -0.05) is 23.2 Å². The minimum absolute atomic E-state index is 0.0566. The molecule has 3 nitrogen and oxygen atoms in total. The molecule has 0 aliphatic carbocycles. The Morgan fingerprint density at radius 2 is 2.06 bits per heavy atom. The number of hydrogen-bond donors (Lipinski definition) is 2. The molecular weight excluding hydrogens is 273 g/mol. The number of carbonyl (C=O) groups is 1. The quantitative estimate of drug-likeness (QED) is 0.820. The number of rotatable bonds is 5. The molecule has 0 heterocycles. The molecule has 1 unspecified atom stereocenters. The van der Waals surface area contributed by atoms with E-state index in [9.17, 15) is 4.79 Å². The highest BCUT2D eigenvalue weighted by Crippen LogP contribution is 2.22. The van der Waals surface area contributed by atoms with E-state index in [1.165, 1.54) is 0 Å². The Labute approximate surface area is 117 Å². The van der Waals surface area contributed by atoms with E-state index in [4.69, 9.17) is 28.3 Å². The van der Waals surface area contributed by atoms with Crippen LogP contribution in [-0.4, -0.2) is 29.1 Å². The molecule has 5 heteroatoms. The van der Waals surface area contributed by atoms with Crippen LogP contribution in [0.25, 0.3) is 0 Å². The standard InChI is InChI=1S/C13H17Cl2NO2/c1-8(16-13(2,3)7-17)12(18)10-5-4-9(14)6-11(10)15/h4-6,8,16-17H,7H2,1-3H3. The Hall–Kier alpha value is -0.610. The van der Waals surface area contributed by atoms with Gasteiger partial charge in [0.2, 0.25) is 0 Å². The van der Waals surface area contributed by atoms with Crippen molar-refractivity contribution in [3.63, 3.8) is 0 Å². The Kier molecular flexibility index (Phi) is 5.17.